The summed E-state index contributed by atoms with van der Waals surface area (Å²) in [5, 5.41) is 8.29. The maximum atomic E-state index is 12.9. The molecule has 3 rings (SSSR count). The third kappa shape index (κ3) is 7.18. The van der Waals surface area contributed by atoms with Crippen LogP contribution < -0.4 is 10.6 Å². The van der Waals surface area contributed by atoms with Crippen molar-refractivity contribution in [2.75, 3.05) is 0 Å². The minimum absolute atomic E-state index is 0.274. The Balaban J connectivity index is 1.65. The number of hydrogen-bond donors (Lipinski definition) is 2. The topological polar surface area (TPSA) is 93.2 Å². The number of nitrogens with zero attached hydrogens (tertiary/aromatic N) is 2. The molecule has 2 amide bonds. The first-order chi connectivity index (χ1) is 14.8. The quantitative estimate of drug-likeness (QED) is 0.582. The first kappa shape index (κ1) is 22.4. The van der Waals surface area contributed by atoms with Gasteiger partial charge in [-0.1, -0.05) is 30.3 Å². The lowest BCUT2D eigenvalue weighted by atomic mass is 10.1. The number of aromatic nitrogens is 2. The van der Waals surface area contributed by atoms with E-state index in [1.54, 1.807) is 33.2 Å². The number of hydrogen-bond acceptors (Lipinski definition) is 6. The predicted molar refractivity (Wildman–Crippen MR) is 120 cm³/mol. The predicted octanol–water partition coefficient (Wildman–Crippen LogP) is 3.96. The maximum absolute atomic E-state index is 12.9. The fourth-order valence-electron chi connectivity index (χ4n) is 2.84. The van der Waals surface area contributed by atoms with Crippen molar-refractivity contribution >= 4 is 23.3 Å². The van der Waals surface area contributed by atoms with Gasteiger partial charge in [0, 0.05) is 29.8 Å². The van der Waals surface area contributed by atoms with Gasteiger partial charge in [-0.15, -0.1) is 11.3 Å². The second kappa shape index (κ2) is 10.2. The number of rotatable bonds is 7. The molecule has 0 saturated carbocycles. The molecule has 0 fully saturated rings. The van der Waals surface area contributed by atoms with Gasteiger partial charge in [-0.25, -0.2) is 9.78 Å². The van der Waals surface area contributed by atoms with Gasteiger partial charge in [0.15, 0.2) is 0 Å². The summed E-state index contributed by atoms with van der Waals surface area (Å²) in [4.78, 5) is 33.7. The lowest BCUT2D eigenvalue weighted by molar-refractivity contribution is -0.123. The van der Waals surface area contributed by atoms with Crippen molar-refractivity contribution in [3.8, 4) is 11.3 Å². The van der Waals surface area contributed by atoms with Crippen molar-refractivity contribution in [2.24, 2.45) is 0 Å². The van der Waals surface area contributed by atoms with Crippen LogP contribution in [-0.4, -0.2) is 33.6 Å². The van der Waals surface area contributed by atoms with Gasteiger partial charge in [-0.3, -0.25) is 9.78 Å². The molecule has 3 aromatic rings. The van der Waals surface area contributed by atoms with Gasteiger partial charge < -0.3 is 15.4 Å². The SMILES string of the molecule is CC(C)(C)OC(=O)NC(Cc1ccccc1)C(=O)NCc1nc(-c2ccncc2)cs1. The Hall–Kier alpha value is -3.26. The van der Waals surface area contributed by atoms with E-state index < -0.39 is 17.7 Å². The molecule has 2 heterocycles. The van der Waals surface area contributed by atoms with E-state index in [0.717, 1.165) is 21.8 Å². The smallest absolute Gasteiger partial charge is 0.408 e. The van der Waals surface area contributed by atoms with Gasteiger partial charge in [0.05, 0.1) is 12.2 Å². The summed E-state index contributed by atoms with van der Waals surface area (Å²) in [5.41, 5.74) is 2.09. The summed E-state index contributed by atoms with van der Waals surface area (Å²) in [6, 6.07) is 12.5. The third-order valence-corrected chi connectivity index (χ3v) is 5.08. The molecule has 2 aromatic heterocycles. The summed E-state index contributed by atoms with van der Waals surface area (Å²) < 4.78 is 5.33. The zero-order valence-electron chi connectivity index (χ0n) is 17.8. The lowest BCUT2D eigenvalue weighted by Crippen LogP contribution is -2.49. The first-order valence-corrected chi connectivity index (χ1v) is 10.8. The van der Waals surface area contributed by atoms with Crippen LogP contribution in [0.15, 0.2) is 60.2 Å². The molecule has 2 N–H and O–H groups in total. The van der Waals surface area contributed by atoms with E-state index in [4.69, 9.17) is 4.74 Å². The van der Waals surface area contributed by atoms with Crippen molar-refractivity contribution in [1.29, 1.82) is 0 Å². The average Bonchev–Trinajstić information content (AvgIpc) is 3.21. The van der Waals surface area contributed by atoms with Crippen molar-refractivity contribution in [3.05, 3.63) is 70.8 Å². The van der Waals surface area contributed by atoms with E-state index in [2.05, 4.69) is 20.6 Å². The van der Waals surface area contributed by atoms with Crippen LogP contribution in [0.4, 0.5) is 4.79 Å². The molecular formula is C23H26N4O3S. The number of carbonyl (C=O) groups is 2. The number of benzene rings is 1. The van der Waals surface area contributed by atoms with Crippen LogP contribution in [-0.2, 0) is 22.5 Å². The van der Waals surface area contributed by atoms with Gasteiger partial charge >= 0.3 is 6.09 Å². The Morgan fingerprint density at radius 2 is 1.81 bits per heavy atom. The van der Waals surface area contributed by atoms with Crippen LogP contribution in [0, 0.1) is 0 Å². The molecule has 0 aliphatic carbocycles. The molecule has 162 valence electrons. The Labute approximate surface area is 185 Å². The zero-order chi connectivity index (χ0) is 22.3. The number of amides is 2. The summed E-state index contributed by atoms with van der Waals surface area (Å²) in [7, 11) is 0. The molecule has 0 aliphatic rings. The second-order valence-corrected chi connectivity index (χ2v) is 8.91. The fourth-order valence-corrected chi connectivity index (χ4v) is 3.59. The number of pyridine rings is 1. The highest BCUT2D eigenvalue weighted by atomic mass is 32.1. The minimum atomic E-state index is -0.767. The number of alkyl carbamates (subject to hydrolysis) is 1. The standard InChI is InChI=1S/C23H26N4O3S/c1-23(2,3)30-22(29)27-18(13-16-7-5-4-6-8-16)21(28)25-14-20-26-19(15-31-20)17-9-11-24-12-10-17/h4-12,15,18H,13-14H2,1-3H3,(H,25,28)(H,27,29). The van der Waals surface area contributed by atoms with Crippen LogP contribution >= 0.6 is 11.3 Å². The first-order valence-electron chi connectivity index (χ1n) is 9.96. The highest BCUT2D eigenvalue weighted by molar-refractivity contribution is 7.09. The van der Waals surface area contributed by atoms with Crippen molar-refractivity contribution in [3.63, 3.8) is 0 Å². The fraction of sp³-hybridized carbons (Fsp3) is 0.304. The van der Waals surface area contributed by atoms with Crippen molar-refractivity contribution in [1.82, 2.24) is 20.6 Å². The minimum Gasteiger partial charge on any atom is -0.444 e. The molecule has 1 aromatic carbocycles. The second-order valence-electron chi connectivity index (χ2n) is 7.97. The summed E-state index contributed by atoms with van der Waals surface area (Å²) >= 11 is 1.47. The van der Waals surface area contributed by atoms with Crippen LogP contribution in [0.5, 0.6) is 0 Å². The van der Waals surface area contributed by atoms with Gasteiger partial charge in [0.2, 0.25) is 5.91 Å². The molecule has 0 spiro atoms. The molecule has 31 heavy (non-hydrogen) atoms. The number of thiazole rings is 1. The van der Waals surface area contributed by atoms with Crippen molar-refractivity contribution in [2.45, 2.75) is 45.4 Å². The molecular weight excluding hydrogens is 412 g/mol. The van der Waals surface area contributed by atoms with Gasteiger partial charge in [0.25, 0.3) is 0 Å². The molecule has 7 nitrogen and oxygen atoms in total. The molecule has 0 aliphatic heterocycles. The lowest BCUT2D eigenvalue weighted by Gasteiger charge is -2.23. The van der Waals surface area contributed by atoms with E-state index in [-0.39, 0.29) is 12.5 Å². The van der Waals surface area contributed by atoms with E-state index in [9.17, 15) is 9.59 Å². The highest BCUT2D eigenvalue weighted by Gasteiger charge is 2.24. The molecule has 0 saturated heterocycles. The Morgan fingerprint density at radius 1 is 1.10 bits per heavy atom. The van der Waals surface area contributed by atoms with Gasteiger partial charge in [0.1, 0.15) is 16.7 Å². The largest absolute Gasteiger partial charge is 0.444 e. The van der Waals surface area contributed by atoms with Crippen LogP contribution in [0.25, 0.3) is 11.3 Å². The molecule has 1 atom stereocenters. The number of nitrogens with one attached hydrogen (secondary N) is 2. The van der Waals surface area contributed by atoms with Crippen molar-refractivity contribution < 1.29 is 14.3 Å². The van der Waals surface area contributed by atoms with Crippen LogP contribution in [0.1, 0.15) is 31.3 Å². The molecule has 0 bridgehead atoms. The van der Waals surface area contributed by atoms with E-state index in [1.165, 1.54) is 11.3 Å². The average molecular weight is 439 g/mol. The zero-order valence-corrected chi connectivity index (χ0v) is 18.6. The summed E-state index contributed by atoms with van der Waals surface area (Å²) in [5.74, 6) is -0.296. The monoisotopic (exact) mass is 438 g/mol. The third-order valence-electron chi connectivity index (χ3n) is 4.23. The molecule has 8 heteroatoms. The van der Waals surface area contributed by atoms with Gasteiger partial charge in [-0.05, 0) is 38.5 Å². The summed E-state index contributed by atoms with van der Waals surface area (Å²) in [6.45, 7) is 5.61. The number of ether oxygens (including phenoxy) is 1. The normalized spacial score (nSPS) is 12.1. The van der Waals surface area contributed by atoms with E-state index in [0.29, 0.717) is 6.42 Å². The molecule has 0 radical (unpaired) electrons. The molecule has 1 unspecified atom stereocenters. The van der Waals surface area contributed by atoms with E-state index >= 15 is 0 Å². The Bertz CT molecular complexity index is 1000. The maximum Gasteiger partial charge on any atom is 0.408 e. The van der Waals surface area contributed by atoms with Crippen LogP contribution in [0.2, 0.25) is 0 Å². The summed E-state index contributed by atoms with van der Waals surface area (Å²) in [6.07, 6.45) is 3.16. The van der Waals surface area contributed by atoms with Gasteiger partial charge in [-0.2, -0.15) is 0 Å². The highest BCUT2D eigenvalue weighted by Crippen LogP contribution is 2.21. The Kier molecular flexibility index (Phi) is 7.36. The van der Waals surface area contributed by atoms with Crippen LogP contribution in [0.3, 0.4) is 0 Å². The number of carbonyl (C=O) groups excluding carboxylic acids is 2. The Morgan fingerprint density at radius 3 is 2.48 bits per heavy atom. The van der Waals surface area contributed by atoms with E-state index in [1.807, 2.05) is 47.8 Å².